The molecule has 0 bridgehead atoms. The molecule has 1 nitrogen and oxygen atoms in total. The highest BCUT2D eigenvalue weighted by Crippen LogP contribution is 2.31. The maximum atomic E-state index is 13.9. The first-order chi connectivity index (χ1) is 8.93. The molecule has 2 aromatic rings. The third-order valence-electron chi connectivity index (χ3n) is 2.87. The summed E-state index contributed by atoms with van der Waals surface area (Å²) in [6.07, 6.45) is -1.70. The molecule has 100 valence electrons. The zero-order chi connectivity index (χ0) is 14.2. The predicted octanol–water partition coefficient (Wildman–Crippen LogP) is 4.26. The Morgan fingerprint density at radius 1 is 1.05 bits per heavy atom. The molecular weight excluding hydrogens is 321 g/mol. The smallest absolute Gasteiger partial charge is 0.143 e. The summed E-state index contributed by atoms with van der Waals surface area (Å²) in [5, 5.41) is 10.0. The van der Waals surface area contributed by atoms with Gasteiger partial charge in [0.25, 0.3) is 0 Å². The van der Waals surface area contributed by atoms with Crippen molar-refractivity contribution in [1.82, 2.24) is 0 Å². The van der Waals surface area contributed by atoms with E-state index >= 15 is 0 Å². The number of aliphatic hydroxyl groups excluding tert-OH is 1. The van der Waals surface area contributed by atoms with Crippen LogP contribution in [0.25, 0.3) is 0 Å². The normalized spacial score (nSPS) is 12.5. The van der Waals surface area contributed by atoms with E-state index in [9.17, 15) is 18.3 Å². The number of hydrogen-bond acceptors (Lipinski definition) is 1. The second kappa shape index (κ2) is 5.35. The molecule has 0 saturated heterocycles. The Labute approximate surface area is 116 Å². The summed E-state index contributed by atoms with van der Waals surface area (Å²) in [6, 6.07) is 6.52. The van der Waals surface area contributed by atoms with Gasteiger partial charge in [0.1, 0.15) is 23.6 Å². The molecule has 0 aromatic heterocycles. The van der Waals surface area contributed by atoms with Gasteiger partial charge in [-0.2, -0.15) is 0 Å². The molecule has 0 fully saturated rings. The molecule has 0 aliphatic rings. The number of aliphatic hydroxyl groups is 1. The lowest BCUT2D eigenvalue weighted by Gasteiger charge is -2.15. The van der Waals surface area contributed by atoms with Crippen LogP contribution in [-0.2, 0) is 0 Å². The van der Waals surface area contributed by atoms with Crippen molar-refractivity contribution in [3.63, 3.8) is 0 Å². The summed E-state index contributed by atoms with van der Waals surface area (Å²) in [5.74, 6) is -2.52. The van der Waals surface area contributed by atoms with Gasteiger partial charge in [0.15, 0.2) is 0 Å². The van der Waals surface area contributed by atoms with Crippen LogP contribution < -0.4 is 0 Å². The molecule has 0 aliphatic carbocycles. The van der Waals surface area contributed by atoms with Crippen LogP contribution in [0.1, 0.15) is 22.8 Å². The number of aryl methyl sites for hydroxylation is 1. The summed E-state index contributed by atoms with van der Waals surface area (Å²) in [7, 11) is 0. The molecule has 1 atom stereocenters. The summed E-state index contributed by atoms with van der Waals surface area (Å²) in [5.41, 5.74) is -0.541. The minimum absolute atomic E-state index is 0.123. The van der Waals surface area contributed by atoms with Crippen molar-refractivity contribution in [2.45, 2.75) is 13.0 Å². The van der Waals surface area contributed by atoms with Crippen molar-refractivity contribution >= 4 is 15.9 Å². The maximum Gasteiger partial charge on any atom is 0.143 e. The van der Waals surface area contributed by atoms with Gasteiger partial charge in [-0.1, -0.05) is 18.2 Å². The zero-order valence-corrected chi connectivity index (χ0v) is 11.5. The third kappa shape index (κ3) is 2.53. The summed E-state index contributed by atoms with van der Waals surface area (Å²) in [4.78, 5) is 0. The van der Waals surface area contributed by atoms with E-state index in [-0.39, 0.29) is 15.6 Å². The van der Waals surface area contributed by atoms with Crippen LogP contribution in [0.4, 0.5) is 13.2 Å². The molecule has 1 unspecified atom stereocenters. The minimum atomic E-state index is -1.70. The van der Waals surface area contributed by atoms with Crippen LogP contribution in [-0.4, -0.2) is 5.11 Å². The number of hydrogen-bond donors (Lipinski definition) is 1. The lowest BCUT2D eigenvalue weighted by atomic mass is 9.98. The average Bonchev–Trinajstić information content (AvgIpc) is 2.37. The lowest BCUT2D eigenvalue weighted by Crippen LogP contribution is -2.09. The van der Waals surface area contributed by atoms with Crippen LogP contribution >= 0.6 is 15.9 Å². The molecule has 0 amide bonds. The Morgan fingerprint density at radius 3 is 2.42 bits per heavy atom. The minimum Gasteiger partial charge on any atom is -0.383 e. The molecular formula is C14H10BrF3O. The van der Waals surface area contributed by atoms with Gasteiger partial charge in [0, 0.05) is 5.56 Å². The predicted molar refractivity (Wildman–Crippen MR) is 69.3 cm³/mol. The largest absolute Gasteiger partial charge is 0.383 e. The van der Waals surface area contributed by atoms with Crippen LogP contribution in [0.15, 0.2) is 34.8 Å². The van der Waals surface area contributed by atoms with E-state index in [0.717, 1.165) is 6.07 Å². The Kier molecular flexibility index (Phi) is 3.96. The summed E-state index contributed by atoms with van der Waals surface area (Å²) in [6.45, 7) is 1.45. The molecule has 0 saturated carbocycles. The van der Waals surface area contributed by atoms with E-state index < -0.39 is 29.1 Å². The van der Waals surface area contributed by atoms with Crippen molar-refractivity contribution in [3.05, 3.63) is 68.9 Å². The second-order valence-electron chi connectivity index (χ2n) is 4.14. The van der Waals surface area contributed by atoms with Crippen molar-refractivity contribution in [3.8, 4) is 0 Å². The average molecular weight is 331 g/mol. The Balaban J connectivity index is 2.59. The fourth-order valence-electron chi connectivity index (χ4n) is 1.82. The molecule has 0 heterocycles. The Morgan fingerprint density at radius 2 is 1.74 bits per heavy atom. The van der Waals surface area contributed by atoms with Gasteiger partial charge in [-0.3, -0.25) is 0 Å². The molecule has 2 rings (SSSR count). The van der Waals surface area contributed by atoms with E-state index in [4.69, 9.17) is 0 Å². The van der Waals surface area contributed by atoms with E-state index in [1.807, 2.05) is 0 Å². The van der Waals surface area contributed by atoms with Crippen LogP contribution in [0.2, 0.25) is 0 Å². The van der Waals surface area contributed by atoms with Crippen molar-refractivity contribution in [2.75, 3.05) is 0 Å². The molecule has 19 heavy (non-hydrogen) atoms. The number of halogens is 4. The molecule has 5 heteroatoms. The molecule has 2 aromatic carbocycles. The van der Waals surface area contributed by atoms with Gasteiger partial charge in [-0.15, -0.1) is 0 Å². The molecule has 0 aliphatic heterocycles. The number of benzene rings is 2. The summed E-state index contributed by atoms with van der Waals surface area (Å²) < 4.78 is 41.5. The monoisotopic (exact) mass is 330 g/mol. The quantitative estimate of drug-likeness (QED) is 0.872. The highest BCUT2D eigenvalue weighted by molar-refractivity contribution is 9.10. The van der Waals surface area contributed by atoms with E-state index in [2.05, 4.69) is 15.9 Å². The van der Waals surface area contributed by atoms with Gasteiger partial charge in [0.2, 0.25) is 0 Å². The third-order valence-corrected chi connectivity index (χ3v) is 3.48. The first-order valence-corrected chi connectivity index (χ1v) is 6.29. The number of rotatable bonds is 2. The highest BCUT2D eigenvalue weighted by atomic mass is 79.9. The Bertz CT molecular complexity index is 628. The zero-order valence-electron chi connectivity index (χ0n) is 9.92. The first-order valence-electron chi connectivity index (χ1n) is 5.50. The molecule has 0 spiro atoms. The van der Waals surface area contributed by atoms with Crippen LogP contribution in [0, 0.1) is 24.4 Å². The van der Waals surface area contributed by atoms with Crippen LogP contribution in [0.3, 0.4) is 0 Å². The standard InChI is InChI=1S/C14H10BrF3O/c1-7-5-6-10(16)11(12(7)17)14(19)8-3-2-4-9(15)13(8)18/h2-6,14,19H,1H3. The van der Waals surface area contributed by atoms with Gasteiger partial charge in [-0.05, 0) is 40.5 Å². The van der Waals surface area contributed by atoms with E-state index in [1.54, 1.807) is 0 Å². The first kappa shape index (κ1) is 14.1. The maximum absolute atomic E-state index is 13.9. The van der Waals surface area contributed by atoms with E-state index in [1.165, 1.54) is 31.2 Å². The SMILES string of the molecule is Cc1ccc(F)c(C(O)c2cccc(Br)c2F)c1F. The summed E-state index contributed by atoms with van der Waals surface area (Å²) >= 11 is 2.96. The fourth-order valence-corrected chi connectivity index (χ4v) is 2.20. The second-order valence-corrected chi connectivity index (χ2v) is 4.99. The fraction of sp³-hybridized carbons (Fsp3) is 0.143. The molecule has 1 N–H and O–H groups in total. The highest BCUT2D eigenvalue weighted by Gasteiger charge is 2.24. The van der Waals surface area contributed by atoms with Crippen molar-refractivity contribution in [2.24, 2.45) is 0 Å². The Hall–Kier alpha value is -1.33. The van der Waals surface area contributed by atoms with Gasteiger partial charge < -0.3 is 5.11 Å². The van der Waals surface area contributed by atoms with Crippen molar-refractivity contribution in [1.29, 1.82) is 0 Å². The van der Waals surface area contributed by atoms with Gasteiger partial charge in [0.05, 0.1) is 10.0 Å². The van der Waals surface area contributed by atoms with Crippen molar-refractivity contribution < 1.29 is 18.3 Å². The topological polar surface area (TPSA) is 20.2 Å². The van der Waals surface area contributed by atoms with E-state index in [0.29, 0.717) is 0 Å². The van der Waals surface area contributed by atoms with Gasteiger partial charge in [-0.25, -0.2) is 13.2 Å². The van der Waals surface area contributed by atoms with Gasteiger partial charge >= 0.3 is 0 Å². The van der Waals surface area contributed by atoms with Crippen LogP contribution in [0.5, 0.6) is 0 Å². The lowest BCUT2D eigenvalue weighted by molar-refractivity contribution is 0.203. The molecule has 0 radical (unpaired) electrons.